The molecule has 1 aromatic heterocycles. The second kappa shape index (κ2) is 2.52. The number of hydrogen-bond donors (Lipinski definition) is 1. The molecule has 0 aliphatic heterocycles. The number of nitrogens with zero attached hydrogens (tertiary/aromatic N) is 4. The van der Waals surface area contributed by atoms with Gasteiger partial charge < -0.3 is 5.73 Å². The number of nitrogens with two attached hydrogens (primary N) is 1. The Balaban J connectivity index is 1.91. The van der Waals surface area contributed by atoms with Crippen molar-refractivity contribution in [3.05, 3.63) is 5.82 Å². The molecule has 0 spiro atoms. The molecule has 1 saturated carbocycles. The molecule has 2 rings (SSSR count). The lowest BCUT2D eigenvalue weighted by Gasteiger charge is -2.05. The molecule has 66 valence electrons. The second-order valence-corrected chi connectivity index (χ2v) is 3.58. The Hall–Kier alpha value is -0.970. The van der Waals surface area contributed by atoms with Gasteiger partial charge in [0.25, 0.3) is 0 Å². The number of aromatic nitrogens is 4. The summed E-state index contributed by atoms with van der Waals surface area (Å²) in [5.41, 5.74) is 6.04. The third-order valence-electron chi connectivity index (χ3n) is 2.45. The fourth-order valence-electron chi connectivity index (χ4n) is 1.23. The van der Waals surface area contributed by atoms with Gasteiger partial charge in [0.15, 0.2) is 5.82 Å². The molecule has 0 atom stereocenters. The summed E-state index contributed by atoms with van der Waals surface area (Å²) in [4.78, 5) is 0. The van der Waals surface area contributed by atoms with Crippen LogP contribution in [0.1, 0.15) is 25.1 Å². The minimum Gasteiger partial charge on any atom is -0.325 e. The molecule has 0 bridgehead atoms. The molecule has 1 heterocycles. The van der Waals surface area contributed by atoms with E-state index in [9.17, 15) is 0 Å². The van der Waals surface area contributed by atoms with E-state index >= 15 is 0 Å². The van der Waals surface area contributed by atoms with Gasteiger partial charge in [-0.2, -0.15) is 0 Å². The van der Waals surface area contributed by atoms with E-state index < -0.39 is 0 Å². The smallest absolute Gasteiger partial charge is 0.150 e. The van der Waals surface area contributed by atoms with Gasteiger partial charge >= 0.3 is 0 Å². The van der Waals surface area contributed by atoms with E-state index in [1.54, 1.807) is 4.68 Å². The maximum absolute atomic E-state index is 5.94. The topological polar surface area (TPSA) is 69.6 Å². The predicted molar refractivity (Wildman–Crippen MR) is 43.3 cm³/mol. The third kappa shape index (κ3) is 1.45. The monoisotopic (exact) mass is 167 g/mol. The van der Waals surface area contributed by atoms with Crippen molar-refractivity contribution >= 4 is 0 Å². The molecule has 5 heteroatoms. The first-order chi connectivity index (χ1) is 5.70. The number of tetrazole rings is 1. The predicted octanol–water partition coefficient (Wildman–Crippen LogP) is -0.366. The van der Waals surface area contributed by atoms with Gasteiger partial charge in [0.05, 0.1) is 0 Å². The van der Waals surface area contributed by atoms with Crippen molar-refractivity contribution in [2.45, 2.75) is 31.2 Å². The van der Waals surface area contributed by atoms with Crippen LogP contribution in [0.2, 0.25) is 0 Å². The lowest BCUT2D eigenvalue weighted by atomic mass is 10.1. The van der Waals surface area contributed by atoms with Crippen molar-refractivity contribution in [2.24, 2.45) is 12.8 Å². The van der Waals surface area contributed by atoms with Gasteiger partial charge in [-0.3, -0.25) is 0 Å². The van der Waals surface area contributed by atoms with E-state index in [4.69, 9.17) is 5.73 Å². The van der Waals surface area contributed by atoms with E-state index in [2.05, 4.69) is 15.5 Å². The van der Waals surface area contributed by atoms with Crippen LogP contribution in [0.25, 0.3) is 0 Å². The number of hydrogen-bond acceptors (Lipinski definition) is 4. The third-order valence-corrected chi connectivity index (χ3v) is 2.45. The molecular weight excluding hydrogens is 154 g/mol. The van der Waals surface area contributed by atoms with Crippen molar-refractivity contribution in [3.8, 4) is 0 Å². The van der Waals surface area contributed by atoms with Crippen LogP contribution in [-0.2, 0) is 13.5 Å². The van der Waals surface area contributed by atoms with Crippen molar-refractivity contribution in [2.75, 3.05) is 0 Å². The molecule has 1 fully saturated rings. The van der Waals surface area contributed by atoms with Crippen LogP contribution in [0.15, 0.2) is 0 Å². The summed E-state index contributed by atoms with van der Waals surface area (Å²) < 4.78 is 1.70. The van der Waals surface area contributed by atoms with Crippen LogP contribution in [0, 0.1) is 0 Å². The van der Waals surface area contributed by atoms with Crippen LogP contribution in [0.3, 0.4) is 0 Å². The zero-order chi connectivity index (χ0) is 8.60. The molecule has 0 aromatic carbocycles. The molecular formula is C7H13N5. The highest BCUT2D eigenvalue weighted by Crippen LogP contribution is 2.36. The SMILES string of the molecule is Cn1nnnc1CCC1(N)CC1. The Morgan fingerprint density at radius 3 is 2.83 bits per heavy atom. The Morgan fingerprint density at radius 2 is 2.33 bits per heavy atom. The van der Waals surface area contributed by atoms with Crippen molar-refractivity contribution in [1.82, 2.24) is 20.2 Å². The summed E-state index contributed by atoms with van der Waals surface area (Å²) in [6.45, 7) is 0. The Labute approximate surface area is 70.9 Å². The van der Waals surface area contributed by atoms with E-state index in [1.807, 2.05) is 7.05 Å². The minimum absolute atomic E-state index is 0.103. The Morgan fingerprint density at radius 1 is 1.58 bits per heavy atom. The standard InChI is InChI=1S/C7H13N5/c1-12-6(9-10-11-12)2-3-7(8)4-5-7/h2-5,8H2,1H3. The minimum atomic E-state index is 0.103. The van der Waals surface area contributed by atoms with Crippen molar-refractivity contribution < 1.29 is 0 Å². The summed E-state index contributed by atoms with van der Waals surface area (Å²) in [7, 11) is 1.85. The summed E-state index contributed by atoms with van der Waals surface area (Å²) in [5, 5.41) is 11.2. The molecule has 5 nitrogen and oxygen atoms in total. The van der Waals surface area contributed by atoms with E-state index in [0.717, 1.165) is 31.5 Å². The fraction of sp³-hybridized carbons (Fsp3) is 0.857. The Kier molecular flexibility index (Phi) is 1.61. The molecule has 12 heavy (non-hydrogen) atoms. The first-order valence-electron chi connectivity index (χ1n) is 4.20. The first-order valence-corrected chi connectivity index (χ1v) is 4.20. The van der Waals surface area contributed by atoms with Gasteiger partial charge in [-0.05, 0) is 29.7 Å². The molecule has 1 aliphatic rings. The molecule has 0 saturated heterocycles. The van der Waals surface area contributed by atoms with Gasteiger partial charge in [0.2, 0.25) is 0 Å². The highest BCUT2D eigenvalue weighted by molar-refractivity contribution is 5.00. The summed E-state index contributed by atoms with van der Waals surface area (Å²) in [6, 6.07) is 0. The fourth-order valence-corrected chi connectivity index (χ4v) is 1.23. The molecule has 0 amide bonds. The van der Waals surface area contributed by atoms with Gasteiger partial charge in [0.1, 0.15) is 0 Å². The largest absolute Gasteiger partial charge is 0.325 e. The quantitative estimate of drug-likeness (QED) is 0.667. The van der Waals surface area contributed by atoms with Gasteiger partial charge in [-0.25, -0.2) is 4.68 Å². The van der Waals surface area contributed by atoms with Crippen molar-refractivity contribution in [1.29, 1.82) is 0 Å². The van der Waals surface area contributed by atoms with Crippen LogP contribution >= 0.6 is 0 Å². The molecule has 0 radical (unpaired) electrons. The maximum Gasteiger partial charge on any atom is 0.150 e. The summed E-state index contributed by atoms with van der Waals surface area (Å²) in [5.74, 6) is 0.923. The van der Waals surface area contributed by atoms with E-state index in [-0.39, 0.29) is 5.54 Å². The average molecular weight is 167 g/mol. The van der Waals surface area contributed by atoms with Crippen LogP contribution in [0.5, 0.6) is 0 Å². The highest BCUT2D eigenvalue weighted by Gasteiger charge is 2.37. The molecule has 1 aromatic rings. The van der Waals surface area contributed by atoms with Gasteiger partial charge in [0, 0.05) is 19.0 Å². The molecule has 0 unspecified atom stereocenters. The summed E-state index contributed by atoms with van der Waals surface area (Å²) >= 11 is 0. The van der Waals surface area contributed by atoms with Crippen LogP contribution in [-0.4, -0.2) is 25.7 Å². The number of aryl methyl sites for hydroxylation is 2. The molecule has 2 N–H and O–H groups in total. The normalized spacial score (nSPS) is 19.5. The lowest BCUT2D eigenvalue weighted by Crippen LogP contribution is -2.22. The zero-order valence-electron chi connectivity index (χ0n) is 7.19. The lowest BCUT2D eigenvalue weighted by molar-refractivity contribution is 0.575. The number of rotatable bonds is 3. The second-order valence-electron chi connectivity index (χ2n) is 3.58. The molecule has 1 aliphatic carbocycles. The van der Waals surface area contributed by atoms with Gasteiger partial charge in [-0.15, -0.1) is 5.10 Å². The average Bonchev–Trinajstić information content (AvgIpc) is 2.61. The van der Waals surface area contributed by atoms with Gasteiger partial charge in [-0.1, -0.05) is 0 Å². The summed E-state index contributed by atoms with van der Waals surface area (Å²) in [6.07, 6.45) is 4.19. The van der Waals surface area contributed by atoms with Crippen LogP contribution < -0.4 is 5.73 Å². The van der Waals surface area contributed by atoms with E-state index in [1.165, 1.54) is 0 Å². The first kappa shape index (κ1) is 7.67. The highest BCUT2D eigenvalue weighted by atomic mass is 15.5. The maximum atomic E-state index is 5.94. The zero-order valence-corrected chi connectivity index (χ0v) is 7.19. The van der Waals surface area contributed by atoms with Crippen LogP contribution in [0.4, 0.5) is 0 Å². The Bertz CT molecular complexity index is 275. The van der Waals surface area contributed by atoms with E-state index in [0.29, 0.717) is 0 Å². The van der Waals surface area contributed by atoms with Crippen molar-refractivity contribution in [3.63, 3.8) is 0 Å².